The van der Waals surface area contributed by atoms with Crippen molar-refractivity contribution < 1.29 is 33.0 Å². The Kier molecular flexibility index (Phi) is 10.9. The molecular weight excluding hydrogens is 731 g/mol. The normalized spacial score (nSPS) is 16.8. The Balaban J connectivity index is 1.56. The maximum absolute atomic E-state index is 15.1. The van der Waals surface area contributed by atoms with Crippen molar-refractivity contribution in [3.63, 3.8) is 0 Å². The number of nitrogens with one attached hydrogen (secondary N) is 2. The fourth-order valence-corrected chi connectivity index (χ4v) is 6.24. The summed E-state index contributed by atoms with van der Waals surface area (Å²) in [6, 6.07) is 12.2. The van der Waals surface area contributed by atoms with Crippen LogP contribution < -0.4 is 15.5 Å². The number of amides is 4. The minimum atomic E-state index is -1.43. The van der Waals surface area contributed by atoms with E-state index in [1.807, 2.05) is 0 Å². The van der Waals surface area contributed by atoms with Crippen LogP contribution in [0.2, 0.25) is 15.1 Å². The number of rotatable bonds is 6. The number of anilines is 3. The summed E-state index contributed by atoms with van der Waals surface area (Å²) < 4.78 is 24.4. The second kappa shape index (κ2) is 13.9. The summed E-state index contributed by atoms with van der Waals surface area (Å²) in [6.45, 7) is 9.45. The first-order chi connectivity index (χ1) is 22.1. The first-order valence-electron chi connectivity index (χ1n) is 14.4. The van der Waals surface area contributed by atoms with Gasteiger partial charge in [-0.1, -0.05) is 34.8 Å². The predicted octanol–water partition coefficient (Wildman–Crippen LogP) is 10.2. The summed E-state index contributed by atoms with van der Waals surface area (Å²) >= 11 is 31.5. The highest BCUT2D eigenvalue weighted by molar-refractivity contribution is 6.53. The zero-order valence-electron chi connectivity index (χ0n) is 26.5. The van der Waals surface area contributed by atoms with Crippen molar-refractivity contribution in [1.82, 2.24) is 0 Å². The first kappa shape index (κ1) is 37.5. The van der Waals surface area contributed by atoms with E-state index >= 15 is 4.39 Å². The summed E-state index contributed by atoms with van der Waals surface area (Å²) in [5.74, 6) is -3.71. The van der Waals surface area contributed by atoms with E-state index in [2.05, 4.69) is 10.6 Å². The van der Waals surface area contributed by atoms with Gasteiger partial charge in [0, 0.05) is 27.3 Å². The van der Waals surface area contributed by atoms with Crippen LogP contribution in [-0.2, 0) is 14.3 Å². The van der Waals surface area contributed by atoms with Crippen molar-refractivity contribution in [3.05, 3.63) is 86.6 Å². The van der Waals surface area contributed by atoms with E-state index in [0.717, 1.165) is 12.1 Å². The topological polar surface area (TPSA) is 114 Å². The van der Waals surface area contributed by atoms with Gasteiger partial charge in [0.2, 0.25) is 5.91 Å². The van der Waals surface area contributed by atoms with Crippen LogP contribution in [-0.4, -0.2) is 39.5 Å². The lowest BCUT2D eigenvalue weighted by atomic mass is 10.1. The molecule has 0 aromatic heterocycles. The van der Waals surface area contributed by atoms with Gasteiger partial charge >= 0.3 is 12.2 Å². The molecule has 1 aliphatic carbocycles. The van der Waals surface area contributed by atoms with Gasteiger partial charge in [-0.05, 0) is 102 Å². The molecule has 0 heterocycles. The number of carbonyl (C=O) groups is 4. The quantitative estimate of drug-likeness (QED) is 0.242. The fourth-order valence-electron chi connectivity index (χ4n) is 4.67. The molecular formula is C33H31Cl5FN3O6. The Morgan fingerprint density at radius 2 is 1.29 bits per heavy atom. The molecule has 0 unspecified atom stereocenters. The molecule has 2 atom stereocenters. The molecule has 0 radical (unpaired) electrons. The van der Waals surface area contributed by atoms with Crippen LogP contribution in [0, 0.1) is 11.7 Å². The molecule has 0 aliphatic heterocycles. The van der Waals surface area contributed by atoms with Crippen LogP contribution in [0.15, 0.2) is 54.6 Å². The van der Waals surface area contributed by atoms with Crippen molar-refractivity contribution in [2.75, 3.05) is 15.5 Å². The van der Waals surface area contributed by atoms with E-state index in [0.29, 0.717) is 20.5 Å². The second-order valence-corrected chi connectivity index (χ2v) is 15.7. The van der Waals surface area contributed by atoms with Gasteiger partial charge in [-0.2, -0.15) is 4.90 Å². The van der Waals surface area contributed by atoms with Gasteiger partial charge in [0.25, 0.3) is 5.91 Å². The van der Waals surface area contributed by atoms with Crippen LogP contribution in [0.25, 0.3) is 0 Å². The monoisotopic (exact) mass is 759 g/mol. The van der Waals surface area contributed by atoms with Gasteiger partial charge in [-0.15, -0.1) is 23.2 Å². The highest BCUT2D eigenvalue weighted by atomic mass is 35.5. The molecule has 0 bridgehead atoms. The van der Waals surface area contributed by atoms with Crippen molar-refractivity contribution in [1.29, 1.82) is 0 Å². The zero-order valence-corrected chi connectivity index (χ0v) is 30.3. The Labute approximate surface area is 301 Å². The van der Waals surface area contributed by atoms with Gasteiger partial charge < -0.3 is 20.1 Å². The third kappa shape index (κ3) is 9.03. The van der Waals surface area contributed by atoms with E-state index < -0.39 is 62.9 Å². The molecule has 48 heavy (non-hydrogen) atoms. The second-order valence-electron chi connectivity index (χ2n) is 12.9. The lowest BCUT2D eigenvalue weighted by Crippen LogP contribution is -2.44. The average molecular weight is 762 g/mol. The third-order valence-corrected chi connectivity index (χ3v) is 8.36. The molecule has 1 fully saturated rings. The Morgan fingerprint density at radius 3 is 1.83 bits per heavy atom. The summed E-state index contributed by atoms with van der Waals surface area (Å²) in [7, 11) is 0. The molecule has 9 nitrogen and oxygen atoms in total. The molecule has 15 heteroatoms. The van der Waals surface area contributed by atoms with Crippen LogP contribution in [0.1, 0.15) is 63.4 Å². The van der Waals surface area contributed by atoms with Gasteiger partial charge in [-0.25, -0.2) is 14.0 Å². The molecule has 4 rings (SSSR count). The minimum absolute atomic E-state index is 0.00547. The van der Waals surface area contributed by atoms with Crippen LogP contribution >= 0.6 is 58.0 Å². The smallest absolute Gasteiger partial charge is 0.424 e. The summed E-state index contributed by atoms with van der Waals surface area (Å²) in [5, 5.41) is 6.00. The predicted molar refractivity (Wildman–Crippen MR) is 187 cm³/mol. The van der Waals surface area contributed by atoms with E-state index in [4.69, 9.17) is 67.5 Å². The van der Waals surface area contributed by atoms with E-state index in [-0.39, 0.29) is 22.0 Å². The van der Waals surface area contributed by atoms with Gasteiger partial charge in [0.15, 0.2) is 0 Å². The Bertz CT molecular complexity index is 1740. The Hall–Kier alpha value is -3.28. The first-order valence-corrected chi connectivity index (χ1v) is 16.3. The molecule has 3 aromatic rings. The number of ether oxygens (including phenoxy) is 2. The molecule has 1 saturated carbocycles. The van der Waals surface area contributed by atoms with Gasteiger partial charge in [0.05, 0.1) is 22.2 Å². The lowest BCUT2D eigenvalue weighted by Gasteiger charge is -2.29. The number of alkyl halides is 2. The van der Waals surface area contributed by atoms with Crippen LogP contribution in [0.3, 0.4) is 0 Å². The van der Waals surface area contributed by atoms with Crippen molar-refractivity contribution in [2.24, 2.45) is 5.92 Å². The highest BCUT2D eigenvalue weighted by Crippen LogP contribution is 2.65. The van der Waals surface area contributed by atoms with E-state index in [1.54, 1.807) is 59.7 Å². The summed E-state index contributed by atoms with van der Waals surface area (Å²) in [6.07, 6.45) is -2.39. The SMILES string of the molecule is CC(C)(C)OC(=O)N(C(=O)OC(C)(C)C)c1cc(NC(=O)c2cc(NC(=O)[C@@H]3[C@@H](c4cc(Cl)cc(Cl)c4)C3(Cl)Cl)ccc2Cl)ccc1F. The molecule has 4 amide bonds. The summed E-state index contributed by atoms with van der Waals surface area (Å²) in [4.78, 5) is 53.1. The van der Waals surface area contributed by atoms with Gasteiger partial charge in [-0.3, -0.25) is 9.59 Å². The van der Waals surface area contributed by atoms with Crippen molar-refractivity contribution in [2.45, 2.75) is 63.0 Å². The van der Waals surface area contributed by atoms with Crippen molar-refractivity contribution in [3.8, 4) is 0 Å². The highest BCUT2D eigenvalue weighted by Gasteiger charge is 2.67. The average Bonchev–Trinajstić information content (AvgIpc) is 3.51. The maximum Gasteiger partial charge on any atom is 0.424 e. The van der Waals surface area contributed by atoms with E-state index in [1.165, 1.54) is 24.3 Å². The number of imide groups is 1. The minimum Gasteiger partial charge on any atom is -0.443 e. The van der Waals surface area contributed by atoms with E-state index in [9.17, 15) is 19.2 Å². The molecule has 3 aromatic carbocycles. The zero-order chi connectivity index (χ0) is 35.9. The lowest BCUT2D eigenvalue weighted by molar-refractivity contribution is -0.117. The molecule has 2 N–H and O–H groups in total. The molecule has 0 spiro atoms. The number of nitrogens with zero attached hydrogens (tertiary/aromatic N) is 1. The molecule has 0 saturated heterocycles. The fraction of sp³-hybridized carbons (Fsp3) is 0.333. The molecule has 256 valence electrons. The summed E-state index contributed by atoms with van der Waals surface area (Å²) in [5.41, 5.74) is -1.87. The number of hydrogen-bond acceptors (Lipinski definition) is 6. The molecule has 1 aliphatic rings. The van der Waals surface area contributed by atoms with Gasteiger partial charge in [0.1, 0.15) is 21.4 Å². The number of benzene rings is 3. The van der Waals surface area contributed by atoms with Crippen LogP contribution in [0.5, 0.6) is 0 Å². The maximum atomic E-state index is 15.1. The standard InChI is InChI=1S/C33H31Cl5FN3O6/c1-31(2,3)47-29(45)42(30(46)48-32(4,5)6)24-15-20(8-10-23(24)39)40-27(43)21-14-19(7-9-22(21)36)41-28(44)26-25(33(26,37)38)16-11-17(34)13-18(35)12-16/h7-15,25-26H,1-6H3,(H,40,43)(H,41,44)/t25-,26+/m1/s1. The van der Waals surface area contributed by atoms with Crippen LogP contribution in [0.4, 0.5) is 31.0 Å². The third-order valence-electron chi connectivity index (χ3n) is 6.66. The van der Waals surface area contributed by atoms with Crippen molar-refractivity contribution >= 4 is 99.1 Å². The Morgan fingerprint density at radius 1 is 0.771 bits per heavy atom. The largest absolute Gasteiger partial charge is 0.443 e. The number of carbonyl (C=O) groups excluding carboxylic acids is 4. The number of hydrogen-bond donors (Lipinski definition) is 2. The number of halogens is 6.